The van der Waals surface area contributed by atoms with E-state index in [9.17, 15) is 5.26 Å². The highest BCUT2D eigenvalue weighted by molar-refractivity contribution is 6.06. The molecule has 0 heterocycles. The number of hydrogen-bond donors (Lipinski definition) is 0. The molecule has 4 aliphatic rings. The number of nitriles is 1. The van der Waals surface area contributed by atoms with Gasteiger partial charge in [-0.05, 0) is 62.8 Å². The second kappa shape index (κ2) is 4.96. The smallest absolute Gasteiger partial charge is 0.0963 e. The van der Waals surface area contributed by atoms with Gasteiger partial charge in [0.2, 0.25) is 0 Å². The van der Waals surface area contributed by atoms with Crippen molar-refractivity contribution in [2.45, 2.75) is 0 Å². The predicted octanol–water partition coefficient (Wildman–Crippen LogP) is 5.97. The molecule has 27 heavy (non-hydrogen) atoms. The molecule has 1 atom stereocenters. The molecule has 124 valence electrons. The van der Waals surface area contributed by atoms with Crippen molar-refractivity contribution < 1.29 is 0 Å². The molecular weight excluding hydrogens is 326 g/mol. The fourth-order valence-corrected chi connectivity index (χ4v) is 4.92. The van der Waals surface area contributed by atoms with Gasteiger partial charge in [0, 0.05) is 5.57 Å². The Kier molecular flexibility index (Phi) is 2.67. The van der Waals surface area contributed by atoms with Crippen LogP contribution in [0.25, 0.3) is 23.3 Å². The highest BCUT2D eigenvalue weighted by Gasteiger charge is 2.48. The van der Waals surface area contributed by atoms with Crippen LogP contribution < -0.4 is 0 Å². The predicted molar refractivity (Wildman–Crippen MR) is 110 cm³/mol. The molecule has 0 amide bonds. The van der Waals surface area contributed by atoms with Crippen LogP contribution in [0.4, 0.5) is 0 Å². The van der Waals surface area contributed by atoms with Gasteiger partial charge in [-0.25, -0.2) is 0 Å². The maximum absolute atomic E-state index is 10.0. The summed E-state index contributed by atoms with van der Waals surface area (Å²) in [6.07, 6.45) is 15.1. The van der Waals surface area contributed by atoms with Crippen LogP contribution >= 0.6 is 0 Å². The van der Waals surface area contributed by atoms with E-state index in [2.05, 4.69) is 91.1 Å². The van der Waals surface area contributed by atoms with Gasteiger partial charge in [0.15, 0.2) is 0 Å². The summed E-state index contributed by atoms with van der Waals surface area (Å²) in [5.74, 6) is 0. The Labute approximate surface area is 158 Å². The fraction of sp³-hybridized carbons (Fsp3) is 0.0385. The van der Waals surface area contributed by atoms with Crippen LogP contribution in [0.1, 0.15) is 22.3 Å². The van der Waals surface area contributed by atoms with Crippen molar-refractivity contribution in [2.75, 3.05) is 0 Å². The van der Waals surface area contributed by atoms with E-state index >= 15 is 0 Å². The average molecular weight is 341 g/mol. The highest BCUT2D eigenvalue weighted by Crippen LogP contribution is 2.61. The van der Waals surface area contributed by atoms with Crippen molar-refractivity contribution in [3.05, 3.63) is 118 Å². The van der Waals surface area contributed by atoms with Crippen LogP contribution in [0, 0.1) is 16.7 Å². The topological polar surface area (TPSA) is 23.8 Å². The number of allylic oxidation sites excluding steroid dienone is 10. The van der Waals surface area contributed by atoms with Crippen LogP contribution in [0.2, 0.25) is 0 Å². The second-order valence-corrected chi connectivity index (χ2v) is 7.31. The van der Waals surface area contributed by atoms with Gasteiger partial charge in [-0.3, -0.25) is 0 Å². The normalized spacial score (nSPS) is 23.1. The summed E-state index contributed by atoms with van der Waals surface area (Å²) in [5.41, 5.74) is 10.1. The van der Waals surface area contributed by atoms with Crippen molar-refractivity contribution in [1.82, 2.24) is 0 Å². The monoisotopic (exact) mass is 341 g/mol. The summed E-state index contributed by atoms with van der Waals surface area (Å²) in [6, 6.07) is 19.5. The molecule has 2 aromatic carbocycles. The van der Waals surface area contributed by atoms with Crippen molar-refractivity contribution in [1.29, 1.82) is 5.26 Å². The van der Waals surface area contributed by atoms with Crippen molar-refractivity contribution >= 4 is 23.3 Å². The fourth-order valence-electron chi connectivity index (χ4n) is 4.92. The first-order chi connectivity index (χ1) is 13.3. The van der Waals surface area contributed by atoms with Gasteiger partial charge in [-0.15, -0.1) is 0 Å². The molecular formula is C26H15N. The van der Waals surface area contributed by atoms with Gasteiger partial charge in [0.1, 0.15) is 0 Å². The lowest BCUT2D eigenvalue weighted by atomic mass is 9.61. The molecule has 1 heteroatoms. The molecule has 0 aromatic heterocycles. The molecule has 0 bridgehead atoms. The number of hydrogen-bond acceptors (Lipinski definition) is 1. The summed E-state index contributed by atoms with van der Waals surface area (Å²) in [6.45, 7) is 0. The van der Waals surface area contributed by atoms with E-state index < -0.39 is 5.41 Å². The van der Waals surface area contributed by atoms with Crippen molar-refractivity contribution in [3.8, 4) is 6.07 Å². The summed E-state index contributed by atoms with van der Waals surface area (Å²) in [7, 11) is 0. The van der Waals surface area contributed by atoms with Crippen molar-refractivity contribution in [2.24, 2.45) is 5.41 Å². The molecule has 1 spiro atoms. The largest absolute Gasteiger partial charge is 0.193 e. The summed E-state index contributed by atoms with van der Waals surface area (Å²) in [4.78, 5) is 0. The molecule has 1 nitrogen and oxygen atoms in total. The molecule has 0 radical (unpaired) electrons. The molecule has 0 saturated carbocycles. The maximum Gasteiger partial charge on any atom is 0.0963 e. The zero-order valence-corrected chi connectivity index (χ0v) is 14.6. The lowest BCUT2D eigenvalue weighted by Gasteiger charge is -2.39. The number of nitrogens with zero attached hydrogens (tertiary/aromatic N) is 1. The Balaban J connectivity index is 1.65. The molecule has 4 aliphatic carbocycles. The molecule has 2 aromatic rings. The van der Waals surface area contributed by atoms with E-state index in [1.807, 2.05) is 6.08 Å². The molecule has 0 fully saturated rings. The summed E-state index contributed by atoms with van der Waals surface area (Å²) in [5, 5.41) is 10.0. The zero-order valence-electron chi connectivity index (χ0n) is 14.6. The third-order valence-corrected chi connectivity index (χ3v) is 6.10. The standard InChI is InChI=1S/C26H15N/c27-16-19-11-12-23-21-9-4-2-7-18(21)15-25(23)26(19)13-5-10-22-20-8-3-1-6-17(20)14-24(22)26/h1-15H. The molecule has 6 rings (SSSR count). The SMILES string of the molecule is N#CC1=CC=C2C(=Cc3ccccc32)C12C=CC=C1C2=Cc2ccccc21. The quantitative estimate of drug-likeness (QED) is 0.579. The third-order valence-electron chi connectivity index (χ3n) is 6.10. The number of rotatable bonds is 0. The first kappa shape index (κ1) is 14.5. The lowest BCUT2D eigenvalue weighted by molar-refractivity contribution is 0.720. The minimum atomic E-state index is -0.513. The van der Waals surface area contributed by atoms with Gasteiger partial charge in [-0.1, -0.05) is 72.8 Å². The third kappa shape index (κ3) is 1.68. The Morgan fingerprint density at radius 2 is 1.30 bits per heavy atom. The average Bonchev–Trinajstić information content (AvgIpc) is 3.28. The minimum absolute atomic E-state index is 0.513. The van der Waals surface area contributed by atoms with Gasteiger partial charge in [0.05, 0.1) is 11.5 Å². The van der Waals surface area contributed by atoms with E-state index in [1.54, 1.807) is 0 Å². The van der Waals surface area contributed by atoms with Gasteiger partial charge >= 0.3 is 0 Å². The molecule has 0 aliphatic heterocycles. The van der Waals surface area contributed by atoms with Gasteiger partial charge < -0.3 is 0 Å². The molecule has 0 N–H and O–H groups in total. The Morgan fingerprint density at radius 3 is 1.93 bits per heavy atom. The van der Waals surface area contributed by atoms with Crippen molar-refractivity contribution in [3.63, 3.8) is 0 Å². The van der Waals surface area contributed by atoms with E-state index in [1.165, 1.54) is 44.5 Å². The Bertz CT molecular complexity index is 1240. The molecule has 0 saturated heterocycles. The number of fused-ring (bicyclic) bond motifs is 8. The van der Waals surface area contributed by atoms with Crippen LogP contribution in [0.15, 0.2) is 95.6 Å². The first-order valence-electron chi connectivity index (χ1n) is 9.19. The van der Waals surface area contributed by atoms with Crippen LogP contribution in [0.5, 0.6) is 0 Å². The van der Waals surface area contributed by atoms with Gasteiger partial charge in [-0.2, -0.15) is 5.26 Å². The van der Waals surface area contributed by atoms with Crippen LogP contribution in [0.3, 0.4) is 0 Å². The van der Waals surface area contributed by atoms with Gasteiger partial charge in [0.25, 0.3) is 0 Å². The maximum atomic E-state index is 10.0. The van der Waals surface area contributed by atoms with E-state index in [4.69, 9.17) is 0 Å². The van der Waals surface area contributed by atoms with Crippen LogP contribution in [-0.4, -0.2) is 0 Å². The summed E-state index contributed by atoms with van der Waals surface area (Å²) >= 11 is 0. The minimum Gasteiger partial charge on any atom is -0.193 e. The lowest BCUT2D eigenvalue weighted by Crippen LogP contribution is -2.28. The van der Waals surface area contributed by atoms with Crippen LogP contribution in [-0.2, 0) is 0 Å². The molecule has 1 unspecified atom stereocenters. The second-order valence-electron chi connectivity index (χ2n) is 7.31. The van der Waals surface area contributed by atoms with E-state index in [0.29, 0.717) is 0 Å². The first-order valence-corrected chi connectivity index (χ1v) is 9.19. The van der Waals surface area contributed by atoms with E-state index in [-0.39, 0.29) is 0 Å². The highest BCUT2D eigenvalue weighted by atomic mass is 14.5. The Hall–Kier alpha value is -3.63. The Morgan fingerprint density at radius 1 is 0.704 bits per heavy atom. The number of benzene rings is 2. The van der Waals surface area contributed by atoms with E-state index in [0.717, 1.165) is 5.57 Å². The zero-order chi connectivity index (χ0) is 18.0. The summed E-state index contributed by atoms with van der Waals surface area (Å²) < 4.78 is 0.